The lowest BCUT2D eigenvalue weighted by Gasteiger charge is -2.08. The molecule has 2 aromatic carbocycles. The average molecular weight is 245 g/mol. The zero-order chi connectivity index (χ0) is 12.3. The van der Waals surface area contributed by atoms with E-state index in [1.165, 1.54) is 22.3 Å². The molecule has 2 rings (SSSR count). The van der Waals surface area contributed by atoms with Crippen molar-refractivity contribution in [2.75, 3.05) is 0 Å². The highest BCUT2D eigenvalue weighted by Crippen LogP contribution is 2.21. The second kappa shape index (κ2) is 5.37. The fourth-order valence-corrected chi connectivity index (χ4v) is 2.44. The maximum Gasteiger partial charge on any atom is 0.0440 e. The van der Waals surface area contributed by atoms with E-state index in [0.29, 0.717) is 0 Å². The second-order valence-corrected chi connectivity index (χ2v) is 4.93. The summed E-state index contributed by atoms with van der Waals surface area (Å²) in [7, 11) is 0. The quantitative estimate of drug-likeness (QED) is 0.732. The van der Waals surface area contributed by atoms with Crippen LogP contribution in [-0.2, 0) is 12.8 Å². The molecule has 0 radical (unpaired) electrons. The lowest BCUT2D eigenvalue weighted by molar-refractivity contribution is 0.947. The molecule has 0 aliphatic carbocycles. The van der Waals surface area contributed by atoms with Crippen LogP contribution in [0.2, 0.25) is 5.02 Å². The standard InChI is InChI=1S/C16H17Cl/c1-12-5-3-7-14(11-12)9-10-15-13(2)6-4-8-16(15)17/h3-8,11H,9-10H2,1-2H3. The molecule has 0 heterocycles. The van der Waals surface area contributed by atoms with Gasteiger partial charge in [-0.05, 0) is 49.4 Å². The van der Waals surface area contributed by atoms with Crippen molar-refractivity contribution in [3.8, 4) is 0 Å². The lowest BCUT2D eigenvalue weighted by atomic mass is 10.00. The van der Waals surface area contributed by atoms with Crippen molar-refractivity contribution < 1.29 is 0 Å². The summed E-state index contributed by atoms with van der Waals surface area (Å²) in [4.78, 5) is 0. The molecule has 0 unspecified atom stereocenters. The van der Waals surface area contributed by atoms with E-state index < -0.39 is 0 Å². The summed E-state index contributed by atoms with van der Waals surface area (Å²) in [6.45, 7) is 4.25. The maximum atomic E-state index is 6.23. The van der Waals surface area contributed by atoms with E-state index in [0.717, 1.165) is 17.9 Å². The second-order valence-electron chi connectivity index (χ2n) is 4.52. The van der Waals surface area contributed by atoms with Crippen molar-refractivity contribution in [2.45, 2.75) is 26.7 Å². The molecule has 1 heteroatoms. The smallest absolute Gasteiger partial charge is 0.0440 e. The number of aryl methyl sites for hydroxylation is 3. The molecule has 0 N–H and O–H groups in total. The SMILES string of the molecule is Cc1cccc(CCc2c(C)cccc2Cl)c1. The van der Waals surface area contributed by atoms with E-state index >= 15 is 0 Å². The maximum absolute atomic E-state index is 6.23. The van der Waals surface area contributed by atoms with Gasteiger partial charge in [-0.1, -0.05) is 53.6 Å². The zero-order valence-corrected chi connectivity index (χ0v) is 11.1. The van der Waals surface area contributed by atoms with E-state index in [4.69, 9.17) is 11.6 Å². The van der Waals surface area contributed by atoms with Gasteiger partial charge in [-0.2, -0.15) is 0 Å². The highest BCUT2D eigenvalue weighted by atomic mass is 35.5. The Labute approximate surface area is 108 Å². The molecule has 17 heavy (non-hydrogen) atoms. The summed E-state index contributed by atoms with van der Waals surface area (Å²) >= 11 is 6.23. The van der Waals surface area contributed by atoms with E-state index in [1.54, 1.807) is 0 Å². The topological polar surface area (TPSA) is 0 Å². The van der Waals surface area contributed by atoms with E-state index in [2.05, 4.69) is 44.2 Å². The predicted octanol–water partition coefficient (Wildman–Crippen LogP) is 4.74. The molecule has 88 valence electrons. The zero-order valence-electron chi connectivity index (χ0n) is 10.3. The molecule has 2 aromatic rings. The molecule has 0 aliphatic heterocycles. The third kappa shape index (κ3) is 3.10. The Morgan fingerprint density at radius 2 is 1.71 bits per heavy atom. The number of rotatable bonds is 3. The molecule has 0 saturated heterocycles. The fourth-order valence-electron chi connectivity index (χ4n) is 2.12. The van der Waals surface area contributed by atoms with Gasteiger partial charge in [0.15, 0.2) is 0 Å². The Balaban J connectivity index is 2.13. The fraction of sp³-hybridized carbons (Fsp3) is 0.250. The van der Waals surface area contributed by atoms with E-state index in [-0.39, 0.29) is 0 Å². The lowest BCUT2D eigenvalue weighted by Crippen LogP contribution is -1.95. The van der Waals surface area contributed by atoms with Gasteiger partial charge in [-0.25, -0.2) is 0 Å². The third-order valence-electron chi connectivity index (χ3n) is 3.10. The van der Waals surface area contributed by atoms with Crippen molar-refractivity contribution in [1.29, 1.82) is 0 Å². The minimum atomic E-state index is 0.887. The van der Waals surface area contributed by atoms with E-state index in [9.17, 15) is 0 Å². The van der Waals surface area contributed by atoms with Crippen LogP contribution in [0, 0.1) is 13.8 Å². The summed E-state index contributed by atoms with van der Waals surface area (Å²) in [5, 5.41) is 0.887. The van der Waals surface area contributed by atoms with Crippen LogP contribution >= 0.6 is 11.6 Å². The van der Waals surface area contributed by atoms with Gasteiger partial charge in [0, 0.05) is 5.02 Å². The molecule has 0 saturated carbocycles. The summed E-state index contributed by atoms with van der Waals surface area (Å²) < 4.78 is 0. The minimum Gasteiger partial charge on any atom is -0.0840 e. The first-order valence-electron chi connectivity index (χ1n) is 5.96. The van der Waals surface area contributed by atoms with Gasteiger partial charge in [0.1, 0.15) is 0 Å². The number of hydrogen-bond acceptors (Lipinski definition) is 0. The molecule has 0 atom stereocenters. The summed E-state index contributed by atoms with van der Waals surface area (Å²) in [5.74, 6) is 0. The van der Waals surface area contributed by atoms with Crippen LogP contribution in [0.1, 0.15) is 22.3 Å². The van der Waals surface area contributed by atoms with Gasteiger partial charge in [0.25, 0.3) is 0 Å². The molecule has 0 aromatic heterocycles. The van der Waals surface area contributed by atoms with E-state index in [1.807, 2.05) is 12.1 Å². The minimum absolute atomic E-state index is 0.887. The molecule has 0 spiro atoms. The molecular formula is C16H17Cl. The Kier molecular flexibility index (Phi) is 3.86. The first kappa shape index (κ1) is 12.2. The average Bonchev–Trinajstić information content (AvgIpc) is 2.28. The summed E-state index contributed by atoms with van der Waals surface area (Å²) in [6, 6.07) is 14.8. The predicted molar refractivity (Wildman–Crippen MR) is 74.8 cm³/mol. The van der Waals surface area contributed by atoms with Crippen LogP contribution in [0.15, 0.2) is 42.5 Å². The normalized spacial score (nSPS) is 10.5. The van der Waals surface area contributed by atoms with Gasteiger partial charge in [0.05, 0.1) is 0 Å². The Hall–Kier alpha value is -1.27. The largest absolute Gasteiger partial charge is 0.0840 e. The Morgan fingerprint density at radius 1 is 0.941 bits per heavy atom. The van der Waals surface area contributed by atoms with Crippen LogP contribution < -0.4 is 0 Å². The summed E-state index contributed by atoms with van der Waals surface area (Å²) in [6.07, 6.45) is 2.06. The molecule has 0 fully saturated rings. The van der Waals surface area contributed by atoms with Gasteiger partial charge in [0.2, 0.25) is 0 Å². The Bertz CT molecular complexity index is 494. The van der Waals surface area contributed by atoms with Crippen LogP contribution in [-0.4, -0.2) is 0 Å². The van der Waals surface area contributed by atoms with Gasteiger partial charge >= 0.3 is 0 Å². The molecule has 0 nitrogen and oxygen atoms in total. The van der Waals surface area contributed by atoms with Crippen LogP contribution in [0.4, 0.5) is 0 Å². The van der Waals surface area contributed by atoms with Crippen LogP contribution in [0.25, 0.3) is 0 Å². The van der Waals surface area contributed by atoms with Crippen molar-refractivity contribution >= 4 is 11.6 Å². The van der Waals surface area contributed by atoms with Crippen molar-refractivity contribution in [3.05, 3.63) is 69.7 Å². The first-order valence-corrected chi connectivity index (χ1v) is 6.34. The molecule has 0 bridgehead atoms. The number of hydrogen-bond donors (Lipinski definition) is 0. The van der Waals surface area contributed by atoms with Crippen LogP contribution in [0.3, 0.4) is 0 Å². The molecular weight excluding hydrogens is 228 g/mol. The highest BCUT2D eigenvalue weighted by Gasteiger charge is 2.04. The third-order valence-corrected chi connectivity index (χ3v) is 3.45. The highest BCUT2D eigenvalue weighted by molar-refractivity contribution is 6.31. The van der Waals surface area contributed by atoms with Crippen LogP contribution in [0.5, 0.6) is 0 Å². The Morgan fingerprint density at radius 3 is 2.41 bits per heavy atom. The monoisotopic (exact) mass is 244 g/mol. The number of halogens is 1. The number of benzene rings is 2. The molecule has 0 aliphatic rings. The van der Waals surface area contributed by atoms with Gasteiger partial charge in [-0.3, -0.25) is 0 Å². The van der Waals surface area contributed by atoms with Gasteiger partial charge < -0.3 is 0 Å². The van der Waals surface area contributed by atoms with Gasteiger partial charge in [-0.15, -0.1) is 0 Å². The first-order chi connectivity index (χ1) is 8.16. The van der Waals surface area contributed by atoms with Crippen molar-refractivity contribution in [2.24, 2.45) is 0 Å². The van der Waals surface area contributed by atoms with Crippen molar-refractivity contribution in [1.82, 2.24) is 0 Å². The van der Waals surface area contributed by atoms with Crippen molar-refractivity contribution in [3.63, 3.8) is 0 Å². The molecule has 0 amide bonds. The summed E-state index contributed by atoms with van der Waals surface area (Å²) in [5.41, 5.74) is 5.25.